The molecule has 11 heteroatoms. The molecule has 1 aromatic heterocycles. The van der Waals surface area contributed by atoms with Crippen LogP contribution in [0, 0.1) is 10.1 Å². The van der Waals surface area contributed by atoms with Gasteiger partial charge in [-0.2, -0.15) is 13.2 Å². The van der Waals surface area contributed by atoms with E-state index in [1.54, 1.807) is 0 Å². The van der Waals surface area contributed by atoms with Gasteiger partial charge in [-0.1, -0.05) is 12.1 Å². The predicted octanol–water partition coefficient (Wildman–Crippen LogP) is 4.57. The Kier molecular flexibility index (Phi) is 4.36. The van der Waals surface area contributed by atoms with Gasteiger partial charge in [0.15, 0.2) is 0 Å². The van der Waals surface area contributed by atoms with Crippen LogP contribution >= 0.6 is 0 Å². The number of halogens is 6. The van der Waals surface area contributed by atoms with Crippen molar-refractivity contribution in [2.24, 2.45) is 0 Å². The van der Waals surface area contributed by atoms with Gasteiger partial charge in [-0.15, -0.1) is 13.2 Å². The lowest BCUT2D eigenvalue weighted by molar-refractivity contribution is -0.384. The maximum absolute atomic E-state index is 12.6. The maximum atomic E-state index is 12.6. The van der Waals surface area contributed by atoms with Crippen LogP contribution in [-0.2, 0) is 6.18 Å². The molecule has 24 heavy (non-hydrogen) atoms. The SMILES string of the molecule is O=[N+]([O-])c1cc(C(F)(F)F)cnc1-c1cccc(OC(F)(F)F)c1. The minimum absolute atomic E-state index is 0.197. The lowest BCUT2D eigenvalue weighted by Gasteiger charge is -2.11. The summed E-state index contributed by atoms with van der Waals surface area (Å²) in [7, 11) is 0. The van der Waals surface area contributed by atoms with Crippen molar-refractivity contribution in [1.82, 2.24) is 4.98 Å². The second kappa shape index (κ2) is 5.98. The molecule has 1 heterocycles. The molecule has 0 N–H and O–H groups in total. The summed E-state index contributed by atoms with van der Waals surface area (Å²) in [5.41, 5.74) is -3.05. The Morgan fingerprint density at radius 1 is 1.08 bits per heavy atom. The standard InChI is InChI=1S/C13H6F6N2O3/c14-12(15,16)8-5-10(21(22)23)11(20-6-8)7-2-1-3-9(4-7)24-13(17,18)19/h1-6H. The quantitative estimate of drug-likeness (QED) is 0.461. The van der Waals surface area contributed by atoms with E-state index < -0.39 is 40.2 Å². The number of rotatable bonds is 3. The highest BCUT2D eigenvalue weighted by Crippen LogP contribution is 2.36. The molecular weight excluding hydrogens is 346 g/mol. The van der Waals surface area contributed by atoms with Crippen LogP contribution in [0.15, 0.2) is 36.5 Å². The second-order valence-corrected chi connectivity index (χ2v) is 4.42. The third kappa shape index (κ3) is 4.12. The van der Waals surface area contributed by atoms with Crippen molar-refractivity contribution in [2.75, 3.05) is 0 Å². The summed E-state index contributed by atoms with van der Waals surface area (Å²) in [6.45, 7) is 0. The normalized spacial score (nSPS) is 12.1. The van der Waals surface area contributed by atoms with E-state index in [1.165, 1.54) is 0 Å². The number of hydrogen-bond acceptors (Lipinski definition) is 4. The second-order valence-electron chi connectivity index (χ2n) is 4.42. The van der Waals surface area contributed by atoms with Gasteiger partial charge in [-0.3, -0.25) is 10.1 Å². The molecule has 2 rings (SSSR count). The van der Waals surface area contributed by atoms with Gasteiger partial charge in [-0.25, -0.2) is 4.98 Å². The fourth-order valence-corrected chi connectivity index (χ4v) is 1.81. The van der Waals surface area contributed by atoms with Crippen LogP contribution in [0.3, 0.4) is 0 Å². The molecule has 0 saturated carbocycles. The molecule has 0 fully saturated rings. The minimum Gasteiger partial charge on any atom is -0.406 e. The number of benzene rings is 1. The average Bonchev–Trinajstić information content (AvgIpc) is 2.44. The molecule has 0 aliphatic rings. The summed E-state index contributed by atoms with van der Waals surface area (Å²) in [5, 5.41) is 11.0. The highest BCUT2D eigenvalue weighted by atomic mass is 19.4. The van der Waals surface area contributed by atoms with Crippen LogP contribution in [-0.4, -0.2) is 16.3 Å². The molecule has 0 radical (unpaired) electrons. The van der Waals surface area contributed by atoms with E-state index in [4.69, 9.17) is 0 Å². The number of alkyl halides is 6. The van der Waals surface area contributed by atoms with Crippen molar-refractivity contribution < 1.29 is 36.0 Å². The molecule has 0 aliphatic heterocycles. The molecule has 0 bridgehead atoms. The van der Waals surface area contributed by atoms with E-state index >= 15 is 0 Å². The van der Waals surface area contributed by atoms with Crippen LogP contribution in [0.4, 0.5) is 32.0 Å². The van der Waals surface area contributed by atoms with Gasteiger partial charge in [0.1, 0.15) is 11.4 Å². The Balaban J connectivity index is 2.52. The number of hydrogen-bond donors (Lipinski definition) is 0. The number of pyridine rings is 1. The van der Waals surface area contributed by atoms with E-state index in [-0.39, 0.29) is 11.6 Å². The zero-order valence-electron chi connectivity index (χ0n) is 11.4. The molecule has 1 aromatic carbocycles. The summed E-state index contributed by atoms with van der Waals surface area (Å²) in [6, 6.07) is 4.24. The van der Waals surface area contributed by atoms with Crippen LogP contribution < -0.4 is 4.74 Å². The van der Waals surface area contributed by atoms with Gasteiger partial charge in [0.2, 0.25) is 0 Å². The first-order valence-electron chi connectivity index (χ1n) is 6.05. The minimum atomic E-state index is -4.99. The lowest BCUT2D eigenvalue weighted by Crippen LogP contribution is -2.17. The molecule has 0 unspecified atom stereocenters. The number of ether oxygens (including phenoxy) is 1. The van der Waals surface area contributed by atoms with Crippen molar-refractivity contribution in [3.05, 3.63) is 52.2 Å². The molecule has 2 aromatic rings. The fourth-order valence-electron chi connectivity index (χ4n) is 1.81. The molecule has 0 spiro atoms. The van der Waals surface area contributed by atoms with E-state index in [0.29, 0.717) is 6.20 Å². The molecule has 0 amide bonds. The summed E-state index contributed by atoms with van der Waals surface area (Å²) in [6.07, 6.45) is -9.48. The van der Waals surface area contributed by atoms with Crippen LogP contribution in [0.1, 0.15) is 5.56 Å². The van der Waals surface area contributed by atoms with Gasteiger partial charge < -0.3 is 4.74 Å². The first-order chi connectivity index (χ1) is 11.0. The Bertz CT molecular complexity index is 773. The zero-order chi connectivity index (χ0) is 18.1. The number of nitrogens with zero attached hydrogens (tertiary/aromatic N) is 2. The van der Waals surface area contributed by atoms with Crippen molar-refractivity contribution in [2.45, 2.75) is 12.5 Å². The number of nitro groups is 1. The van der Waals surface area contributed by atoms with E-state index in [0.717, 1.165) is 24.3 Å². The summed E-state index contributed by atoms with van der Waals surface area (Å²) in [4.78, 5) is 13.2. The lowest BCUT2D eigenvalue weighted by atomic mass is 10.1. The van der Waals surface area contributed by atoms with E-state index in [1.807, 2.05) is 0 Å². The highest BCUT2D eigenvalue weighted by Gasteiger charge is 2.34. The van der Waals surface area contributed by atoms with Crippen LogP contribution in [0.5, 0.6) is 5.75 Å². The summed E-state index contributed by atoms with van der Waals surface area (Å²) in [5.74, 6) is -0.684. The third-order valence-corrected chi connectivity index (χ3v) is 2.73. The van der Waals surface area contributed by atoms with Gasteiger partial charge in [0.05, 0.1) is 10.5 Å². The van der Waals surface area contributed by atoms with E-state index in [9.17, 15) is 36.5 Å². The smallest absolute Gasteiger partial charge is 0.406 e. The third-order valence-electron chi connectivity index (χ3n) is 2.73. The first kappa shape index (κ1) is 17.5. The maximum Gasteiger partial charge on any atom is 0.573 e. The summed E-state index contributed by atoms with van der Waals surface area (Å²) < 4.78 is 78.1. The van der Waals surface area contributed by atoms with Crippen molar-refractivity contribution in [3.8, 4) is 17.0 Å². The zero-order valence-corrected chi connectivity index (χ0v) is 11.4. The molecule has 128 valence electrons. The van der Waals surface area contributed by atoms with Crippen molar-refractivity contribution in [1.29, 1.82) is 0 Å². The predicted molar refractivity (Wildman–Crippen MR) is 68.0 cm³/mol. The van der Waals surface area contributed by atoms with Gasteiger partial charge in [-0.05, 0) is 12.1 Å². The monoisotopic (exact) mass is 352 g/mol. The van der Waals surface area contributed by atoms with E-state index in [2.05, 4.69) is 9.72 Å². The molecular formula is C13H6F6N2O3. The Morgan fingerprint density at radius 3 is 2.29 bits per heavy atom. The van der Waals surface area contributed by atoms with Gasteiger partial charge >= 0.3 is 12.5 Å². The van der Waals surface area contributed by atoms with Crippen molar-refractivity contribution >= 4 is 5.69 Å². The Morgan fingerprint density at radius 2 is 1.75 bits per heavy atom. The van der Waals surface area contributed by atoms with Crippen LogP contribution in [0.25, 0.3) is 11.3 Å². The fraction of sp³-hybridized carbons (Fsp3) is 0.154. The Hall–Kier alpha value is -2.85. The largest absolute Gasteiger partial charge is 0.573 e. The molecule has 0 saturated heterocycles. The van der Waals surface area contributed by atoms with Crippen molar-refractivity contribution in [3.63, 3.8) is 0 Å². The summed E-state index contributed by atoms with van der Waals surface area (Å²) >= 11 is 0. The highest BCUT2D eigenvalue weighted by molar-refractivity contribution is 5.71. The van der Waals surface area contributed by atoms with Gasteiger partial charge in [0.25, 0.3) is 5.69 Å². The molecule has 0 atom stereocenters. The first-order valence-corrected chi connectivity index (χ1v) is 6.05. The average molecular weight is 352 g/mol. The van der Waals surface area contributed by atoms with Crippen LogP contribution in [0.2, 0.25) is 0 Å². The molecule has 0 aliphatic carbocycles. The molecule has 5 nitrogen and oxygen atoms in total. The van der Waals surface area contributed by atoms with Gasteiger partial charge in [0, 0.05) is 17.8 Å². The number of aromatic nitrogens is 1. The Labute approximate surface area is 129 Å². The topological polar surface area (TPSA) is 65.3 Å².